The van der Waals surface area contributed by atoms with Crippen molar-refractivity contribution >= 4 is 23.4 Å². The monoisotopic (exact) mass is 642 g/mol. The van der Waals surface area contributed by atoms with Gasteiger partial charge in [0.15, 0.2) is 0 Å². The van der Waals surface area contributed by atoms with Gasteiger partial charge in [0.2, 0.25) is 11.8 Å². The van der Waals surface area contributed by atoms with Crippen molar-refractivity contribution in [1.29, 1.82) is 0 Å². The highest BCUT2D eigenvalue weighted by Gasteiger charge is 2.48. The van der Waals surface area contributed by atoms with Gasteiger partial charge in [-0.1, -0.05) is 12.1 Å². The van der Waals surface area contributed by atoms with Gasteiger partial charge in [0.05, 0.1) is 11.6 Å². The summed E-state index contributed by atoms with van der Waals surface area (Å²) in [5.74, 6) is -3.47. The van der Waals surface area contributed by atoms with E-state index in [4.69, 9.17) is 0 Å². The molecule has 0 saturated heterocycles. The number of carbonyl (C=O) groups is 3. The summed E-state index contributed by atoms with van der Waals surface area (Å²) in [6.07, 6.45) is 1.40. The molecule has 2 saturated carbocycles. The van der Waals surface area contributed by atoms with Crippen molar-refractivity contribution in [3.8, 4) is 0 Å². The minimum atomic E-state index is -4.73. The minimum Gasteiger partial charge on any atom is -0.344 e. The molecular weight excluding hydrogens is 604 g/mol. The highest BCUT2D eigenvalue weighted by molar-refractivity contribution is 6.01. The Morgan fingerprint density at radius 3 is 2.20 bits per heavy atom. The van der Waals surface area contributed by atoms with Crippen LogP contribution in [0.5, 0.6) is 0 Å². The smallest absolute Gasteiger partial charge is 0.344 e. The number of nitrogens with zero attached hydrogens (tertiary/aromatic N) is 3. The zero-order valence-corrected chi connectivity index (χ0v) is 25.9. The van der Waals surface area contributed by atoms with E-state index in [-0.39, 0.29) is 40.7 Å². The van der Waals surface area contributed by atoms with Crippen molar-refractivity contribution in [1.82, 2.24) is 25.4 Å². The van der Waals surface area contributed by atoms with E-state index < -0.39 is 54.1 Å². The molecule has 0 bridgehead atoms. The first kappa shape index (κ1) is 33.1. The molecule has 3 aromatic rings. The largest absolute Gasteiger partial charge is 0.408 e. The number of hydrogen-bond donors (Lipinski definition) is 3. The van der Waals surface area contributed by atoms with Crippen LogP contribution in [0.15, 0.2) is 54.9 Å². The minimum absolute atomic E-state index is 0.0806. The summed E-state index contributed by atoms with van der Waals surface area (Å²) in [5, 5.41) is 11.8. The van der Waals surface area contributed by atoms with Gasteiger partial charge >= 0.3 is 6.18 Å². The second-order valence-corrected chi connectivity index (χ2v) is 12.5. The molecule has 0 radical (unpaired) electrons. The lowest BCUT2D eigenvalue weighted by Crippen LogP contribution is -2.50. The van der Waals surface area contributed by atoms with Gasteiger partial charge in [0, 0.05) is 30.6 Å². The molecule has 3 N–H and O–H groups in total. The SMILES string of the molecule is CC(C)n1nccc1C(=O)N[C@H](C(=O)Nc1ccc([C@H](C)C(=O)NC(Cc2ccccn2)C(F)(F)F)cc1F)C(C1CC1)C1CC1. The molecule has 0 aliphatic heterocycles. The number of benzene rings is 1. The summed E-state index contributed by atoms with van der Waals surface area (Å²) in [7, 11) is 0. The van der Waals surface area contributed by atoms with Crippen LogP contribution >= 0.6 is 0 Å². The van der Waals surface area contributed by atoms with E-state index in [1.807, 2.05) is 19.2 Å². The Hall–Kier alpha value is -4.29. The second kappa shape index (κ2) is 13.6. The lowest BCUT2D eigenvalue weighted by Gasteiger charge is -2.28. The van der Waals surface area contributed by atoms with Gasteiger partial charge in [-0.2, -0.15) is 18.3 Å². The van der Waals surface area contributed by atoms with Gasteiger partial charge in [-0.05, 0) is 100 Å². The second-order valence-electron chi connectivity index (χ2n) is 12.5. The van der Waals surface area contributed by atoms with Crippen LogP contribution in [0.4, 0.5) is 23.2 Å². The number of rotatable bonds is 13. The molecule has 1 unspecified atom stereocenters. The molecule has 0 spiro atoms. The van der Waals surface area contributed by atoms with E-state index in [9.17, 15) is 27.6 Å². The zero-order chi connectivity index (χ0) is 33.2. The molecule has 46 heavy (non-hydrogen) atoms. The fraction of sp³-hybridized carbons (Fsp3) is 0.485. The normalized spacial score (nSPS) is 17.0. The maximum atomic E-state index is 15.4. The summed E-state index contributed by atoms with van der Waals surface area (Å²) in [4.78, 5) is 43.8. The number of pyridine rings is 1. The Balaban J connectivity index is 1.29. The molecule has 3 amide bonds. The predicted molar refractivity (Wildman–Crippen MR) is 162 cm³/mol. The van der Waals surface area contributed by atoms with Crippen LogP contribution in [-0.2, 0) is 16.0 Å². The maximum absolute atomic E-state index is 15.4. The van der Waals surface area contributed by atoms with E-state index in [2.05, 4.69) is 20.7 Å². The van der Waals surface area contributed by atoms with Crippen molar-refractivity contribution in [2.45, 2.75) is 83.1 Å². The van der Waals surface area contributed by atoms with Crippen LogP contribution in [0.2, 0.25) is 0 Å². The van der Waals surface area contributed by atoms with E-state index >= 15 is 4.39 Å². The number of anilines is 1. The molecule has 9 nitrogen and oxygen atoms in total. The summed E-state index contributed by atoms with van der Waals surface area (Å²) in [5.41, 5.74) is 0.442. The molecule has 2 fully saturated rings. The Labute approximate surface area is 264 Å². The third-order valence-electron chi connectivity index (χ3n) is 8.67. The Bertz CT molecular complexity index is 1540. The number of alkyl halides is 3. The lowest BCUT2D eigenvalue weighted by atomic mass is 9.88. The number of aromatic nitrogens is 3. The number of nitrogens with one attached hydrogen (secondary N) is 3. The molecule has 2 aliphatic carbocycles. The Kier molecular flexibility index (Phi) is 9.78. The molecule has 2 aromatic heterocycles. The van der Waals surface area contributed by atoms with Gasteiger partial charge in [-0.25, -0.2) is 4.39 Å². The van der Waals surface area contributed by atoms with Gasteiger partial charge in [0.1, 0.15) is 23.6 Å². The molecule has 2 heterocycles. The average Bonchev–Trinajstić information content (AvgIpc) is 3.96. The molecule has 1 aromatic carbocycles. The van der Waals surface area contributed by atoms with E-state index in [1.165, 1.54) is 37.5 Å². The highest BCUT2D eigenvalue weighted by atomic mass is 19.4. The third-order valence-corrected chi connectivity index (χ3v) is 8.67. The predicted octanol–water partition coefficient (Wildman–Crippen LogP) is 5.56. The van der Waals surface area contributed by atoms with E-state index in [1.54, 1.807) is 22.9 Å². The van der Waals surface area contributed by atoms with Gasteiger partial charge in [0.25, 0.3) is 5.91 Å². The van der Waals surface area contributed by atoms with Crippen LogP contribution in [0, 0.1) is 23.6 Å². The summed E-state index contributed by atoms with van der Waals surface area (Å²) >= 11 is 0. The standard InChI is InChI=1S/C33H38F4N6O3/c1-18(2)43-26(13-15-39-43)31(45)42-29(28(20-7-8-20)21-9-10-21)32(46)40-25-12-11-22(16-24(25)34)19(3)30(44)41-27(33(35,36)37)17-23-6-4-5-14-38-23/h4-6,11-16,18-21,27-29H,7-10,17H2,1-3H3,(H,40,46)(H,41,44)(H,42,45)/t19-,27?,29-/m0/s1. The summed E-state index contributed by atoms with van der Waals surface area (Å²) in [6, 6.07) is 6.66. The molecule has 3 atom stereocenters. The third kappa shape index (κ3) is 7.91. The van der Waals surface area contributed by atoms with Crippen molar-refractivity contribution in [3.63, 3.8) is 0 Å². The van der Waals surface area contributed by atoms with Crippen molar-refractivity contribution in [3.05, 3.63) is 77.6 Å². The Morgan fingerprint density at radius 1 is 0.935 bits per heavy atom. The fourth-order valence-corrected chi connectivity index (χ4v) is 5.89. The van der Waals surface area contributed by atoms with Crippen molar-refractivity contribution < 1.29 is 31.9 Å². The summed E-state index contributed by atoms with van der Waals surface area (Å²) in [6.45, 7) is 5.15. The van der Waals surface area contributed by atoms with Gasteiger partial charge in [-0.15, -0.1) is 0 Å². The highest BCUT2D eigenvalue weighted by Crippen LogP contribution is 2.51. The summed E-state index contributed by atoms with van der Waals surface area (Å²) < 4.78 is 58.2. The van der Waals surface area contributed by atoms with Crippen molar-refractivity contribution in [2.24, 2.45) is 17.8 Å². The number of hydrogen-bond acceptors (Lipinski definition) is 5. The molecule has 5 rings (SSSR count). The molecule has 2 aliphatic rings. The Morgan fingerprint density at radius 2 is 1.63 bits per heavy atom. The first-order valence-electron chi connectivity index (χ1n) is 15.5. The number of amides is 3. The number of halogens is 4. The maximum Gasteiger partial charge on any atom is 0.408 e. The van der Waals surface area contributed by atoms with Crippen molar-refractivity contribution in [2.75, 3.05) is 5.32 Å². The average molecular weight is 643 g/mol. The van der Waals surface area contributed by atoms with Gasteiger partial charge < -0.3 is 16.0 Å². The quantitative estimate of drug-likeness (QED) is 0.211. The van der Waals surface area contributed by atoms with E-state index in [0.29, 0.717) is 5.69 Å². The molecule has 13 heteroatoms. The van der Waals surface area contributed by atoms with Crippen LogP contribution in [0.3, 0.4) is 0 Å². The van der Waals surface area contributed by atoms with Crippen LogP contribution in [-0.4, -0.2) is 50.7 Å². The lowest BCUT2D eigenvalue weighted by molar-refractivity contribution is -0.162. The van der Waals surface area contributed by atoms with Gasteiger partial charge in [-0.3, -0.25) is 24.0 Å². The first-order chi connectivity index (χ1) is 21.8. The molecule has 246 valence electrons. The van der Waals surface area contributed by atoms with Crippen LogP contribution < -0.4 is 16.0 Å². The van der Waals surface area contributed by atoms with Crippen LogP contribution in [0.1, 0.15) is 80.2 Å². The van der Waals surface area contributed by atoms with Crippen LogP contribution in [0.25, 0.3) is 0 Å². The zero-order valence-electron chi connectivity index (χ0n) is 25.9. The topological polar surface area (TPSA) is 118 Å². The number of carbonyl (C=O) groups excluding carboxylic acids is 3. The fourth-order valence-electron chi connectivity index (χ4n) is 5.89. The molecular formula is C33H38F4N6O3. The first-order valence-corrected chi connectivity index (χ1v) is 15.5. The van der Waals surface area contributed by atoms with E-state index in [0.717, 1.165) is 31.7 Å².